The topological polar surface area (TPSA) is 40.5 Å². The van der Waals surface area contributed by atoms with E-state index in [9.17, 15) is 4.79 Å². The molecule has 0 saturated heterocycles. The Bertz CT molecular complexity index is 425. The second kappa shape index (κ2) is 6.71. The molecule has 1 fully saturated rings. The van der Waals surface area contributed by atoms with Crippen molar-refractivity contribution >= 4 is 5.97 Å². The monoisotopic (exact) mass is 261 g/mol. The van der Waals surface area contributed by atoms with Gasteiger partial charge in [0.15, 0.2) is 0 Å². The molecule has 1 aromatic carbocycles. The number of carbonyl (C=O) groups is 1. The summed E-state index contributed by atoms with van der Waals surface area (Å²) in [5.41, 5.74) is 2.61. The van der Waals surface area contributed by atoms with E-state index in [-0.39, 0.29) is 6.42 Å². The number of carboxylic acid groups (broad SMARTS) is 1. The normalized spacial score (nSPS) is 16.1. The summed E-state index contributed by atoms with van der Waals surface area (Å²) in [7, 11) is 0. The van der Waals surface area contributed by atoms with E-state index in [1.54, 1.807) is 0 Å². The van der Waals surface area contributed by atoms with E-state index < -0.39 is 5.97 Å². The molecular formula is C16H23NO2. The lowest BCUT2D eigenvalue weighted by molar-refractivity contribution is -0.137. The Kier molecular flexibility index (Phi) is 4.97. The predicted molar refractivity (Wildman–Crippen MR) is 76.1 cm³/mol. The number of benzene rings is 1. The first-order valence-corrected chi connectivity index (χ1v) is 7.17. The van der Waals surface area contributed by atoms with Gasteiger partial charge >= 0.3 is 5.97 Å². The summed E-state index contributed by atoms with van der Waals surface area (Å²) in [6.07, 6.45) is 5.23. The third-order valence-electron chi connectivity index (χ3n) is 4.09. The molecule has 0 radical (unpaired) electrons. The highest BCUT2D eigenvalue weighted by atomic mass is 16.4. The van der Waals surface area contributed by atoms with Crippen LogP contribution in [0.5, 0.6) is 0 Å². The van der Waals surface area contributed by atoms with Crippen LogP contribution in [0.2, 0.25) is 0 Å². The molecule has 1 aliphatic rings. The molecule has 0 heterocycles. The molecule has 19 heavy (non-hydrogen) atoms. The fourth-order valence-electron chi connectivity index (χ4n) is 2.91. The van der Waals surface area contributed by atoms with Gasteiger partial charge in [-0.25, -0.2) is 0 Å². The zero-order valence-corrected chi connectivity index (χ0v) is 11.6. The molecule has 0 bridgehead atoms. The molecule has 0 aromatic heterocycles. The highest BCUT2D eigenvalue weighted by Crippen LogP contribution is 2.25. The van der Waals surface area contributed by atoms with Crippen LogP contribution in [-0.2, 0) is 11.3 Å². The van der Waals surface area contributed by atoms with Gasteiger partial charge in [-0.3, -0.25) is 9.69 Å². The molecule has 0 spiro atoms. The first-order chi connectivity index (χ1) is 9.16. The quantitative estimate of drug-likeness (QED) is 0.854. The Morgan fingerprint density at radius 2 is 2.00 bits per heavy atom. The van der Waals surface area contributed by atoms with Gasteiger partial charge in [-0.2, -0.15) is 0 Å². The van der Waals surface area contributed by atoms with Gasteiger partial charge in [-0.15, -0.1) is 0 Å². The van der Waals surface area contributed by atoms with Crippen molar-refractivity contribution in [3.8, 4) is 0 Å². The van der Waals surface area contributed by atoms with E-state index >= 15 is 0 Å². The van der Waals surface area contributed by atoms with Crippen molar-refractivity contribution in [2.24, 2.45) is 0 Å². The Labute approximate surface area is 115 Å². The third kappa shape index (κ3) is 4.06. The van der Waals surface area contributed by atoms with Crippen LogP contribution in [0, 0.1) is 6.92 Å². The van der Waals surface area contributed by atoms with Crippen LogP contribution in [0.25, 0.3) is 0 Å². The van der Waals surface area contributed by atoms with Crippen LogP contribution < -0.4 is 0 Å². The van der Waals surface area contributed by atoms with Crippen LogP contribution >= 0.6 is 0 Å². The number of aryl methyl sites for hydroxylation is 1. The SMILES string of the molecule is Cc1ccccc1CN(CCC(=O)O)C1CCCC1. The summed E-state index contributed by atoms with van der Waals surface area (Å²) in [4.78, 5) is 13.2. The van der Waals surface area contributed by atoms with E-state index in [1.807, 2.05) is 0 Å². The minimum Gasteiger partial charge on any atom is -0.481 e. The molecule has 0 aliphatic heterocycles. The molecular weight excluding hydrogens is 238 g/mol. The Morgan fingerprint density at radius 3 is 2.63 bits per heavy atom. The largest absolute Gasteiger partial charge is 0.481 e. The highest BCUT2D eigenvalue weighted by Gasteiger charge is 2.23. The first kappa shape index (κ1) is 14.1. The van der Waals surface area contributed by atoms with Gasteiger partial charge in [0.25, 0.3) is 0 Å². The van der Waals surface area contributed by atoms with Gasteiger partial charge in [0.2, 0.25) is 0 Å². The number of hydrogen-bond donors (Lipinski definition) is 1. The molecule has 2 rings (SSSR count). The number of nitrogens with zero attached hydrogens (tertiary/aromatic N) is 1. The van der Waals surface area contributed by atoms with Gasteiger partial charge in [0, 0.05) is 19.1 Å². The maximum absolute atomic E-state index is 10.8. The predicted octanol–water partition coefficient (Wildman–Crippen LogP) is 3.21. The smallest absolute Gasteiger partial charge is 0.304 e. The Hall–Kier alpha value is -1.35. The molecule has 1 aliphatic carbocycles. The second-order valence-electron chi connectivity index (χ2n) is 5.48. The second-order valence-corrected chi connectivity index (χ2v) is 5.48. The van der Waals surface area contributed by atoms with Crippen LogP contribution in [-0.4, -0.2) is 28.6 Å². The summed E-state index contributed by atoms with van der Waals surface area (Å²) in [6.45, 7) is 3.66. The van der Waals surface area contributed by atoms with Crippen LogP contribution in [0.4, 0.5) is 0 Å². The van der Waals surface area contributed by atoms with Crippen molar-refractivity contribution in [2.45, 2.75) is 51.6 Å². The average Bonchev–Trinajstić information content (AvgIpc) is 2.90. The standard InChI is InChI=1S/C16H23NO2/c1-13-6-2-3-7-14(13)12-17(11-10-16(18)19)15-8-4-5-9-15/h2-3,6-7,15H,4-5,8-12H2,1H3,(H,18,19). The van der Waals surface area contributed by atoms with E-state index in [0.717, 1.165) is 6.54 Å². The van der Waals surface area contributed by atoms with Crippen molar-refractivity contribution in [3.05, 3.63) is 35.4 Å². The van der Waals surface area contributed by atoms with Gasteiger partial charge in [0.05, 0.1) is 6.42 Å². The minimum absolute atomic E-state index is 0.238. The molecule has 1 N–H and O–H groups in total. The van der Waals surface area contributed by atoms with Crippen molar-refractivity contribution < 1.29 is 9.90 Å². The Morgan fingerprint density at radius 1 is 1.32 bits per heavy atom. The van der Waals surface area contributed by atoms with E-state index in [1.165, 1.54) is 36.8 Å². The lowest BCUT2D eigenvalue weighted by atomic mass is 10.1. The van der Waals surface area contributed by atoms with Crippen molar-refractivity contribution in [3.63, 3.8) is 0 Å². The van der Waals surface area contributed by atoms with Crippen molar-refractivity contribution in [1.82, 2.24) is 4.90 Å². The summed E-state index contributed by atoms with van der Waals surface area (Å²) in [5.74, 6) is -0.701. The summed E-state index contributed by atoms with van der Waals surface area (Å²) >= 11 is 0. The van der Waals surface area contributed by atoms with E-state index in [0.29, 0.717) is 12.6 Å². The lowest BCUT2D eigenvalue weighted by Crippen LogP contribution is -2.34. The molecule has 104 valence electrons. The minimum atomic E-state index is -0.701. The molecule has 0 atom stereocenters. The Balaban J connectivity index is 2.04. The van der Waals surface area contributed by atoms with Crippen molar-refractivity contribution in [2.75, 3.05) is 6.54 Å². The van der Waals surface area contributed by atoms with Crippen LogP contribution in [0.3, 0.4) is 0 Å². The van der Waals surface area contributed by atoms with Gasteiger partial charge in [-0.1, -0.05) is 37.1 Å². The van der Waals surface area contributed by atoms with E-state index in [4.69, 9.17) is 5.11 Å². The fourth-order valence-corrected chi connectivity index (χ4v) is 2.91. The van der Waals surface area contributed by atoms with Gasteiger partial charge in [0.1, 0.15) is 0 Å². The average molecular weight is 261 g/mol. The highest BCUT2D eigenvalue weighted by molar-refractivity contribution is 5.66. The summed E-state index contributed by atoms with van der Waals surface area (Å²) in [6, 6.07) is 8.96. The summed E-state index contributed by atoms with van der Waals surface area (Å²) < 4.78 is 0. The lowest BCUT2D eigenvalue weighted by Gasteiger charge is -2.29. The van der Waals surface area contributed by atoms with Gasteiger partial charge < -0.3 is 5.11 Å². The maximum atomic E-state index is 10.8. The third-order valence-corrected chi connectivity index (χ3v) is 4.09. The number of carboxylic acids is 1. The number of rotatable bonds is 6. The van der Waals surface area contributed by atoms with E-state index in [2.05, 4.69) is 36.1 Å². The molecule has 3 heteroatoms. The molecule has 1 saturated carbocycles. The summed E-state index contributed by atoms with van der Waals surface area (Å²) in [5, 5.41) is 8.90. The first-order valence-electron chi connectivity index (χ1n) is 7.17. The van der Waals surface area contributed by atoms with Crippen LogP contribution in [0.1, 0.15) is 43.2 Å². The molecule has 3 nitrogen and oxygen atoms in total. The molecule has 0 unspecified atom stereocenters. The number of aliphatic carboxylic acids is 1. The number of hydrogen-bond acceptors (Lipinski definition) is 2. The molecule has 0 amide bonds. The van der Waals surface area contributed by atoms with Crippen molar-refractivity contribution in [1.29, 1.82) is 0 Å². The van der Waals surface area contributed by atoms with Crippen LogP contribution in [0.15, 0.2) is 24.3 Å². The fraction of sp³-hybridized carbons (Fsp3) is 0.562. The molecule has 1 aromatic rings. The zero-order chi connectivity index (χ0) is 13.7. The zero-order valence-electron chi connectivity index (χ0n) is 11.6. The maximum Gasteiger partial charge on any atom is 0.304 e. The van der Waals surface area contributed by atoms with Gasteiger partial charge in [-0.05, 0) is 30.9 Å².